The van der Waals surface area contributed by atoms with Crippen molar-refractivity contribution in [2.24, 2.45) is 5.10 Å². The summed E-state index contributed by atoms with van der Waals surface area (Å²) >= 11 is 4.85. The van der Waals surface area contributed by atoms with Crippen molar-refractivity contribution in [3.05, 3.63) is 40.9 Å². The highest BCUT2D eigenvalue weighted by molar-refractivity contribution is 7.71. The number of nitrogens with one attached hydrogen (secondary N) is 1. The predicted octanol–water partition coefficient (Wildman–Crippen LogP) is 3.06. The minimum absolute atomic E-state index is 0.239. The smallest absolute Gasteiger partial charge is 0.428 e. The van der Waals surface area contributed by atoms with Crippen LogP contribution < -0.4 is 4.74 Å². The van der Waals surface area contributed by atoms with Gasteiger partial charge in [0.25, 0.3) is 0 Å². The van der Waals surface area contributed by atoms with E-state index in [2.05, 4.69) is 20.0 Å². The molecule has 0 atom stereocenters. The molecule has 0 saturated heterocycles. The van der Waals surface area contributed by atoms with Crippen molar-refractivity contribution < 1.29 is 22.3 Å². The average Bonchev–Trinajstić information content (AvgIpc) is 2.82. The largest absolute Gasteiger partial charge is 0.461 e. The maximum Gasteiger partial charge on any atom is 0.461 e. The Morgan fingerprint density at radius 2 is 2.19 bits per heavy atom. The Bertz CT molecular complexity index is 697. The monoisotopic (exact) mass is 320 g/mol. The molecule has 2 rings (SSSR count). The van der Waals surface area contributed by atoms with Crippen molar-refractivity contribution >= 4 is 18.4 Å². The molecular weight excluding hydrogens is 312 g/mol. The van der Waals surface area contributed by atoms with Crippen LogP contribution in [0.5, 0.6) is 5.75 Å². The van der Waals surface area contributed by atoms with Gasteiger partial charge in [-0.3, -0.25) is 5.10 Å². The van der Waals surface area contributed by atoms with Gasteiger partial charge in [0.05, 0.1) is 6.21 Å². The number of aromatic nitrogens is 3. The molecule has 1 aromatic carbocycles. The van der Waals surface area contributed by atoms with Crippen LogP contribution in [0.1, 0.15) is 5.56 Å². The molecule has 0 aliphatic carbocycles. The van der Waals surface area contributed by atoms with Gasteiger partial charge in [0, 0.05) is 0 Å². The van der Waals surface area contributed by atoms with Gasteiger partial charge >= 0.3 is 12.5 Å². The SMILES string of the molecule is FC(F)C(F)(F)Oc1cccc(C=Nn2cn[nH]c2=S)c1. The molecule has 0 aliphatic heterocycles. The number of hydrogen-bond donors (Lipinski definition) is 1. The van der Waals surface area contributed by atoms with Gasteiger partial charge in [0.1, 0.15) is 12.1 Å². The van der Waals surface area contributed by atoms with Crippen molar-refractivity contribution in [1.29, 1.82) is 0 Å². The minimum Gasteiger partial charge on any atom is -0.428 e. The van der Waals surface area contributed by atoms with Crippen molar-refractivity contribution in [2.45, 2.75) is 12.5 Å². The molecule has 0 unspecified atom stereocenters. The number of H-pyrrole nitrogens is 1. The second kappa shape index (κ2) is 6.04. The predicted molar refractivity (Wildman–Crippen MR) is 68.4 cm³/mol. The number of benzene rings is 1. The Morgan fingerprint density at radius 1 is 1.43 bits per heavy atom. The minimum atomic E-state index is -4.55. The summed E-state index contributed by atoms with van der Waals surface area (Å²) in [7, 11) is 0. The van der Waals surface area contributed by atoms with Gasteiger partial charge in [-0.15, -0.1) is 0 Å². The zero-order valence-electron chi connectivity index (χ0n) is 10.2. The van der Waals surface area contributed by atoms with E-state index in [0.29, 0.717) is 5.56 Å². The van der Waals surface area contributed by atoms with Crippen molar-refractivity contribution in [1.82, 2.24) is 14.9 Å². The molecule has 0 amide bonds. The highest BCUT2D eigenvalue weighted by atomic mass is 32.1. The van der Waals surface area contributed by atoms with Crippen LogP contribution in [0, 0.1) is 4.77 Å². The lowest BCUT2D eigenvalue weighted by Crippen LogP contribution is -2.33. The standard InChI is InChI=1S/C11H8F4N4OS/c12-9(13)11(14,15)20-8-3-1-2-7(4-8)5-17-19-6-16-18-10(19)21/h1-6,9H,(H,18,21). The van der Waals surface area contributed by atoms with Crippen LogP contribution in [-0.2, 0) is 0 Å². The fourth-order valence-corrected chi connectivity index (χ4v) is 1.46. The summed E-state index contributed by atoms with van der Waals surface area (Å²) in [5, 5.41) is 10.0. The van der Waals surface area contributed by atoms with E-state index in [1.165, 1.54) is 29.4 Å². The quantitative estimate of drug-likeness (QED) is 0.523. The van der Waals surface area contributed by atoms with E-state index in [-0.39, 0.29) is 4.77 Å². The zero-order valence-corrected chi connectivity index (χ0v) is 11.0. The first-order chi connectivity index (χ1) is 9.88. The van der Waals surface area contributed by atoms with E-state index in [4.69, 9.17) is 12.2 Å². The lowest BCUT2D eigenvalue weighted by molar-refractivity contribution is -0.253. The van der Waals surface area contributed by atoms with Crippen LogP contribution >= 0.6 is 12.2 Å². The van der Waals surface area contributed by atoms with E-state index in [9.17, 15) is 17.6 Å². The molecule has 112 valence electrons. The summed E-state index contributed by atoms with van der Waals surface area (Å²) in [6, 6.07) is 5.17. The van der Waals surface area contributed by atoms with Crippen LogP contribution in [0.2, 0.25) is 0 Å². The van der Waals surface area contributed by atoms with Gasteiger partial charge in [0.2, 0.25) is 4.77 Å². The Labute approximate surface area is 120 Å². The molecule has 1 N–H and O–H groups in total. The Hall–Kier alpha value is -2.23. The molecule has 0 saturated carbocycles. The van der Waals surface area contributed by atoms with Gasteiger partial charge in [-0.05, 0) is 29.9 Å². The van der Waals surface area contributed by atoms with Gasteiger partial charge in [-0.25, -0.2) is 0 Å². The normalized spacial score (nSPS) is 12.2. The van der Waals surface area contributed by atoms with E-state index in [1.54, 1.807) is 0 Å². The van der Waals surface area contributed by atoms with E-state index >= 15 is 0 Å². The molecule has 0 fully saturated rings. The van der Waals surface area contributed by atoms with Gasteiger partial charge in [0.15, 0.2) is 0 Å². The number of ether oxygens (including phenoxy) is 1. The maximum absolute atomic E-state index is 12.8. The summed E-state index contributed by atoms with van der Waals surface area (Å²) in [6.45, 7) is 0. The third-order valence-electron chi connectivity index (χ3n) is 2.23. The van der Waals surface area contributed by atoms with Gasteiger partial charge in [-0.1, -0.05) is 12.1 Å². The third kappa shape index (κ3) is 3.88. The summed E-state index contributed by atoms with van der Waals surface area (Å²) in [6.07, 6.45) is -5.87. The van der Waals surface area contributed by atoms with E-state index in [1.807, 2.05) is 0 Å². The first-order valence-electron chi connectivity index (χ1n) is 5.50. The van der Waals surface area contributed by atoms with Gasteiger partial charge in [-0.2, -0.15) is 32.4 Å². The zero-order chi connectivity index (χ0) is 15.5. The summed E-state index contributed by atoms with van der Waals surface area (Å²) < 4.78 is 55.1. The van der Waals surface area contributed by atoms with E-state index < -0.39 is 18.3 Å². The fraction of sp³-hybridized carbons (Fsp3) is 0.182. The number of rotatable bonds is 5. The van der Waals surface area contributed by atoms with Crippen LogP contribution in [0.15, 0.2) is 35.7 Å². The molecule has 0 aliphatic rings. The lowest BCUT2D eigenvalue weighted by Gasteiger charge is -2.16. The lowest BCUT2D eigenvalue weighted by atomic mass is 10.2. The molecule has 1 heterocycles. The highest BCUT2D eigenvalue weighted by Gasteiger charge is 2.43. The van der Waals surface area contributed by atoms with Crippen LogP contribution in [0.4, 0.5) is 17.6 Å². The Morgan fingerprint density at radius 3 is 2.81 bits per heavy atom. The Kier molecular flexibility index (Phi) is 4.36. The highest BCUT2D eigenvalue weighted by Crippen LogP contribution is 2.27. The fourth-order valence-electron chi connectivity index (χ4n) is 1.31. The maximum atomic E-state index is 12.8. The van der Waals surface area contributed by atoms with Crippen molar-refractivity contribution in [2.75, 3.05) is 0 Å². The third-order valence-corrected chi connectivity index (χ3v) is 2.51. The van der Waals surface area contributed by atoms with Gasteiger partial charge < -0.3 is 4.74 Å². The summed E-state index contributed by atoms with van der Waals surface area (Å²) in [5.74, 6) is -0.403. The summed E-state index contributed by atoms with van der Waals surface area (Å²) in [5.41, 5.74) is 0.362. The van der Waals surface area contributed by atoms with Crippen LogP contribution in [0.3, 0.4) is 0 Å². The summed E-state index contributed by atoms with van der Waals surface area (Å²) in [4.78, 5) is 0. The number of aromatic amines is 1. The second-order valence-corrected chi connectivity index (χ2v) is 4.17. The molecule has 0 spiro atoms. The number of halogens is 4. The van der Waals surface area contributed by atoms with Crippen LogP contribution in [-0.4, -0.2) is 33.6 Å². The topological polar surface area (TPSA) is 55.2 Å². The average molecular weight is 320 g/mol. The first-order valence-corrected chi connectivity index (χ1v) is 5.91. The molecular formula is C11H8F4N4OS. The Balaban J connectivity index is 2.17. The van der Waals surface area contributed by atoms with Crippen LogP contribution in [0.25, 0.3) is 0 Å². The number of alkyl halides is 4. The van der Waals surface area contributed by atoms with Crippen molar-refractivity contribution in [3.8, 4) is 5.75 Å². The molecule has 5 nitrogen and oxygen atoms in total. The molecule has 21 heavy (non-hydrogen) atoms. The molecule has 2 aromatic rings. The molecule has 0 radical (unpaired) electrons. The molecule has 10 heteroatoms. The molecule has 1 aromatic heterocycles. The second-order valence-electron chi connectivity index (χ2n) is 3.79. The number of nitrogens with zero attached hydrogens (tertiary/aromatic N) is 3. The van der Waals surface area contributed by atoms with E-state index in [0.717, 1.165) is 12.1 Å². The first kappa shape index (κ1) is 15.2. The molecule has 0 bridgehead atoms. The number of hydrogen-bond acceptors (Lipinski definition) is 4. The van der Waals surface area contributed by atoms with Crippen molar-refractivity contribution in [3.63, 3.8) is 0 Å².